The molecule has 0 N–H and O–H groups in total. The second-order valence-electron chi connectivity index (χ2n) is 9.59. The van der Waals surface area contributed by atoms with E-state index in [1.807, 2.05) is 66.7 Å². The SMILES string of the molecule is O=P(c1ccncc1)(c1ccc2cncnc2c1)c1ccc2c(c1)c1ccccc1n1c3ccccc3nc21. The first kappa shape index (κ1) is 22.1. The second kappa shape index (κ2) is 8.29. The van der Waals surface area contributed by atoms with Gasteiger partial charge in [-0.2, -0.15) is 0 Å². The molecule has 4 aromatic heterocycles. The van der Waals surface area contributed by atoms with Crippen molar-refractivity contribution in [2.45, 2.75) is 0 Å². The van der Waals surface area contributed by atoms with Gasteiger partial charge in [0.1, 0.15) is 12.0 Å². The van der Waals surface area contributed by atoms with Crippen molar-refractivity contribution < 1.29 is 4.57 Å². The van der Waals surface area contributed by atoms with Gasteiger partial charge in [0.05, 0.1) is 22.1 Å². The molecule has 184 valence electrons. The molecule has 7 heteroatoms. The average Bonchev–Trinajstić information content (AvgIpc) is 3.41. The Hall–Kier alpha value is -4.93. The number of imidazole rings is 1. The summed E-state index contributed by atoms with van der Waals surface area (Å²) in [7, 11) is -3.28. The Kier molecular flexibility index (Phi) is 4.69. The van der Waals surface area contributed by atoms with Gasteiger partial charge < -0.3 is 4.57 Å². The fourth-order valence-electron chi connectivity index (χ4n) is 5.65. The molecule has 4 heterocycles. The minimum absolute atomic E-state index is 0.719. The molecule has 39 heavy (non-hydrogen) atoms. The number of benzene rings is 4. The Balaban J connectivity index is 1.48. The minimum Gasteiger partial charge on any atom is -0.309 e. The Bertz CT molecular complexity index is 2280. The van der Waals surface area contributed by atoms with E-state index in [4.69, 9.17) is 4.98 Å². The van der Waals surface area contributed by atoms with Crippen LogP contribution in [-0.4, -0.2) is 24.3 Å². The van der Waals surface area contributed by atoms with Crippen molar-refractivity contribution in [3.8, 4) is 0 Å². The van der Waals surface area contributed by atoms with Crippen molar-refractivity contribution in [1.29, 1.82) is 0 Å². The van der Waals surface area contributed by atoms with Crippen LogP contribution in [0.5, 0.6) is 0 Å². The molecule has 8 rings (SSSR count). The Morgan fingerprint density at radius 3 is 2.28 bits per heavy atom. The number of rotatable bonds is 3. The lowest BCUT2D eigenvalue weighted by atomic mass is 10.1. The summed E-state index contributed by atoms with van der Waals surface area (Å²) in [6.07, 6.45) is 6.68. The lowest BCUT2D eigenvalue weighted by Crippen LogP contribution is -2.25. The molecule has 4 aromatic carbocycles. The van der Waals surface area contributed by atoms with Gasteiger partial charge in [-0.25, -0.2) is 15.0 Å². The van der Waals surface area contributed by atoms with Crippen molar-refractivity contribution in [2.24, 2.45) is 0 Å². The quantitative estimate of drug-likeness (QED) is 0.218. The van der Waals surface area contributed by atoms with E-state index in [0.717, 1.165) is 65.2 Å². The highest BCUT2D eigenvalue weighted by Gasteiger charge is 2.31. The molecule has 0 aliphatic heterocycles. The minimum atomic E-state index is -3.28. The van der Waals surface area contributed by atoms with E-state index in [0.29, 0.717) is 0 Å². The van der Waals surface area contributed by atoms with Gasteiger partial charge in [0.2, 0.25) is 0 Å². The van der Waals surface area contributed by atoms with Crippen LogP contribution in [0.2, 0.25) is 0 Å². The van der Waals surface area contributed by atoms with Crippen LogP contribution in [-0.2, 0) is 4.57 Å². The molecular formula is C32H20N5OP. The van der Waals surface area contributed by atoms with Crippen molar-refractivity contribution in [1.82, 2.24) is 24.3 Å². The fraction of sp³-hybridized carbons (Fsp3) is 0. The smallest absolute Gasteiger partial charge is 0.171 e. The zero-order valence-electron chi connectivity index (χ0n) is 20.6. The number of pyridine rings is 2. The Labute approximate surface area is 223 Å². The van der Waals surface area contributed by atoms with Gasteiger partial charge in [-0.15, -0.1) is 0 Å². The molecule has 6 nitrogen and oxygen atoms in total. The zero-order valence-corrected chi connectivity index (χ0v) is 21.5. The van der Waals surface area contributed by atoms with E-state index in [1.165, 1.54) is 6.33 Å². The van der Waals surface area contributed by atoms with Gasteiger partial charge in [-0.3, -0.25) is 9.38 Å². The number of hydrogen-bond donors (Lipinski definition) is 0. The van der Waals surface area contributed by atoms with Crippen molar-refractivity contribution in [3.05, 3.63) is 122 Å². The van der Waals surface area contributed by atoms with Gasteiger partial charge in [-0.1, -0.05) is 48.5 Å². The highest BCUT2D eigenvalue weighted by molar-refractivity contribution is 7.85. The molecule has 0 amide bonds. The zero-order chi connectivity index (χ0) is 26.0. The summed E-state index contributed by atoms with van der Waals surface area (Å²) < 4.78 is 17.6. The summed E-state index contributed by atoms with van der Waals surface area (Å²) in [5.41, 5.74) is 4.72. The van der Waals surface area contributed by atoms with Crippen LogP contribution in [0.3, 0.4) is 0 Å². The summed E-state index contributed by atoms with van der Waals surface area (Å²) >= 11 is 0. The first-order valence-electron chi connectivity index (χ1n) is 12.6. The van der Waals surface area contributed by atoms with Crippen LogP contribution in [0.25, 0.3) is 49.3 Å². The topological polar surface area (TPSA) is 73.0 Å². The van der Waals surface area contributed by atoms with E-state index in [1.54, 1.807) is 18.6 Å². The van der Waals surface area contributed by atoms with E-state index < -0.39 is 7.14 Å². The third-order valence-corrected chi connectivity index (χ3v) is 10.5. The maximum absolute atomic E-state index is 15.4. The van der Waals surface area contributed by atoms with Crippen molar-refractivity contribution in [2.75, 3.05) is 0 Å². The number of nitrogens with zero attached hydrogens (tertiary/aromatic N) is 5. The summed E-state index contributed by atoms with van der Waals surface area (Å²) in [6.45, 7) is 0. The van der Waals surface area contributed by atoms with Crippen LogP contribution >= 0.6 is 7.14 Å². The molecule has 8 aromatic rings. The van der Waals surface area contributed by atoms with Crippen LogP contribution in [0.1, 0.15) is 0 Å². The lowest BCUT2D eigenvalue weighted by Gasteiger charge is -2.21. The van der Waals surface area contributed by atoms with E-state index >= 15 is 4.57 Å². The summed E-state index contributed by atoms with van der Waals surface area (Å²) in [5.74, 6) is 0. The van der Waals surface area contributed by atoms with E-state index in [2.05, 4.69) is 49.7 Å². The molecule has 0 aliphatic carbocycles. The molecule has 0 saturated carbocycles. The first-order valence-corrected chi connectivity index (χ1v) is 14.4. The molecule has 0 bridgehead atoms. The molecule has 0 radical (unpaired) electrons. The van der Waals surface area contributed by atoms with E-state index in [9.17, 15) is 0 Å². The van der Waals surface area contributed by atoms with Gasteiger partial charge in [0.25, 0.3) is 0 Å². The van der Waals surface area contributed by atoms with Crippen molar-refractivity contribution >= 4 is 72.3 Å². The lowest BCUT2D eigenvalue weighted by molar-refractivity contribution is 0.592. The van der Waals surface area contributed by atoms with E-state index in [-0.39, 0.29) is 0 Å². The maximum atomic E-state index is 15.4. The normalized spacial score (nSPS) is 13.4. The predicted molar refractivity (Wildman–Crippen MR) is 158 cm³/mol. The van der Waals surface area contributed by atoms with Crippen LogP contribution < -0.4 is 15.9 Å². The predicted octanol–water partition coefficient (Wildman–Crippen LogP) is 5.77. The van der Waals surface area contributed by atoms with Crippen LogP contribution in [0, 0.1) is 0 Å². The van der Waals surface area contributed by atoms with Crippen LogP contribution in [0.4, 0.5) is 0 Å². The van der Waals surface area contributed by atoms with Crippen LogP contribution in [0.15, 0.2) is 122 Å². The number of para-hydroxylation sites is 3. The third kappa shape index (κ3) is 3.19. The summed E-state index contributed by atoms with van der Waals surface area (Å²) in [6, 6.07) is 32.1. The maximum Gasteiger partial charge on any atom is 0.171 e. The molecule has 0 saturated heterocycles. The highest BCUT2D eigenvalue weighted by atomic mass is 31.2. The standard InChI is InChI=1S/C32H20N5OP/c38-39(22-13-15-33-16-14-22,24-10-9-21-19-34-20-35-29(21)18-24)23-11-12-26-27(17-23)25-5-1-3-7-30(25)37-31-8-4-2-6-28(31)36-32(26)37/h1-20H. The third-order valence-electron chi connectivity index (χ3n) is 7.48. The molecule has 0 spiro atoms. The number of hydrogen-bond acceptors (Lipinski definition) is 5. The molecular weight excluding hydrogens is 501 g/mol. The molecule has 0 aliphatic rings. The Morgan fingerprint density at radius 2 is 1.38 bits per heavy atom. The summed E-state index contributed by atoms with van der Waals surface area (Å²) in [5, 5.41) is 6.21. The number of fused-ring (bicyclic) bond motifs is 9. The highest BCUT2D eigenvalue weighted by Crippen LogP contribution is 2.44. The van der Waals surface area contributed by atoms with Gasteiger partial charge in [-0.05, 0) is 53.9 Å². The van der Waals surface area contributed by atoms with Gasteiger partial charge in [0, 0.05) is 50.7 Å². The Morgan fingerprint density at radius 1 is 0.615 bits per heavy atom. The summed E-state index contributed by atoms with van der Waals surface area (Å²) in [4.78, 5) is 17.8. The second-order valence-corrected chi connectivity index (χ2v) is 12.4. The monoisotopic (exact) mass is 521 g/mol. The number of aromatic nitrogens is 5. The molecule has 1 unspecified atom stereocenters. The van der Waals surface area contributed by atoms with Gasteiger partial charge >= 0.3 is 0 Å². The average molecular weight is 522 g/mol. The van der Waals surface area contributed by atoms with Gasteiger partial charge in [0.15, 0.2) is 7.14 Å². The van der Waals surface area contributed by atoms with Crippen molar-refractivity contribution in [3.63, 3.8) is 0 Å². The fourth-order valence-corrected chi connectivity index (χ4v) is 8.28. The largest absolute Gasteiger partial charge is 0.309 e. The molecule has 1 atom stereocenters. The molecule has 0 fully saturated rings. The first-order chi connectivity index (χ1) is 19.2.